The van der Waals surface area contributed by atoms with E-state index in [9.17, 15) is 4.79 Å². The van der Waals surface area contributed by atoms with Crippen LogP contribution in [0.15, 0.2) is 78.9 Å². The monoisotopic (exact) mass is 402 g/mol. The fraction of sp³-hybridized carbons (Fsp3) is 0.167. The normalized spacial score (nSPS) is 14.4. The Balaban J connectivity index is 1.65. The van der Waals surface area contributed by atoms with Crippen LogP contribution in [0, 0.1) is 11.8 Å². The molecule has 0 saturated carbocycles. The Morgan fingerprint density at radius 2 is 1.55 bits per heavy atom. The molecular formula is C30H26O. The van der Waals surface area contributed by atoms with Crippen molar-refractivity contribution in [1.82, 2.24) is 0 Å². The van der Waals surface area contributed by atoms with Crippen LogP contribution in [0.3, 0.4) is 0 Å². The van der Waals surface area contributed by atoms with Gasteiger partial charge in [-0.05, 0) is 59.2 Å². The number of rotatable bonds is 3. The molecule has 4 rings (SSSR count). The van der Waals surface area contributed by atoms with Gasteiger partial charge in [-0.2, -0.15) is 0 Å². The summed E-state index contributed by atoms with van der Waals surface area (Å²) in [6.45, 7) is 6.16. The van der Waals surface area contributed by atoms with Gasteiger partial charge in [0.25, 0.3) is 0 Å². The Labute approximate surface area is 185 Å². The molecule has 1 aliphatic carbocycles. The highest BCUT2D eigenvalue weighted by Crippen LogP contribution is 2.39. The van der Waals surface area contributed by atoms with Crippen LogP contribution < -0.4 is 0 Å². The molecule has 0 unspecified atom stereocenters. The number of carbonyl (C=O) groups excluding carboxylic acids is 1. The third-order valence-corrected chi connectivity index (χ3v) is 5.78. The third kappa shape index (κ3) is 4.76. The highest BCUT2D eigenvalue weighted by Gasteiger charge is 2.27. The molecule has 0 N–H and O–H groups in total. The third-order valence-electron chi connectivity index (χ3n) is 5.78. The smallest absolute Gasteiger partial charge is 0.159 e. The van der Waals surface area contributed by atoms with Crippen molar-refractivity contribution in [1.29, 1.82) is 0 Å². The summed E-state index contributed by atoms with van der Waals surface area (Å²) >= 11 is 0. The minimum atomic E-state index is 0.0868. The molecule has 0 atom stereocenters. The fourth-order valence-electron chi connectivity index (χ4n) is 3.86. The molecule has 1 heteroatoms. The largest absolute Gasteiger partial charge is 0.295 e. The molecule has 0 aliphatic heterocycles. The van der Waals surface area contributed by atoms with Gasteiger partial charge in [0.05, 0.1) is 0 Å². The van der Waals surface area contributed by atoms with E-state index in [0.29, 0.717) is 0 Å². The van der Waals surface area contributed by atoms with Crippen LogP contribution in [0.2, 0.25) is 0 Å². The van der Waals surface area contributed by atoms with E-state index in [1.807, 2.05) is 54.6 Å². The lowest BCUT2D eigenvalue weighted by Crippen LogP contribution is -2.21. The van der Waals surface area contributed by atoms with Crippen LogP contribution in [0.25, 0.3) is 17.7 Å². The predicted octanol–water partition coefficient (Wildman–Crippen LogP) is 7.18. The summed E-state index contributed by atoms with van der Waals surface area (Å²) in [5.41, 5.74) is 7.73. The number of carbonyl (C=O) groups is 1. The summed E-state index contributed by atoms with van der Waals surface area (Å²) in [6.07, 6.45) is 7.45. The second-order valence-corrected chi connectivity index (χ2v) is 8.64. The highest BCUT2D eigenvalue weighted by atomic mass is 16.1. The minimum absolute atomic E-state index is 0.0868. The molecule has 0 amide bonds. The minimum Gasteiger partial charge on any atom is -0.295 e. The number of allylic oxidation sites excluding steroid dienone is 2. The molecular weight excluding hydrogens is 376 g/mol. The molecule has 0 bridgehead atoms. The Morgan fingerprint density at radius 3 is 2.26 bits per heavy atom. The van der Waals surface area contributed by atoms with E-state index in [1.54, 1.807) is 6.92 Å². The van der Waals surface area contributed by atoms with Gasteiger partial charge >= 0.3 is 0 Å². The maximum Gasteiger partial charge on any atom is 0.159 e. The van der Waals surface area contributed by atoms with E-state index in [0.717, 1.165) is 34.2 Å². The molecule has 0 saturated heterocycles. The zero-order valence-corrected chi connectivity index (χ0v) is 18.3. The lowest BCUT2D eigenvalue weighted by Gasteiger charge is -2.31. The van der Waals surface area contributed by atoms with Crippen molar-refractivity contribution in [2.75, 3.05) is 0 Å². The van der Waals surface area contributed by atoms with Gasteiger partial charge in [0.1, 0.15) is 0 Å². The lowest BCUT2D eigenvalue weighted by molar-refractivity contribution is 0.101. The first-order valence-corrected chi connectivity index (χ1v) is 10.6. The second-order valence-electron chi connectivity index (χ2n) is 8.64. The van der Waals surface area contributed by atoms with Gasteiger partial charge in [-0.25, -0.2) is 0 Å². The first-order valence-electron chi connectivity index (χ1n) is 10.6. The maximum absolute atomic E-state index is 11.5. The zero-order chi connectivity index (χ0) is 21.8. The Hall–Kier alpha value is -3.63. The summed E-state index contributed by atoms with van der Waals surface area (Å²) in [6, 6.07) is 24.5. The molecule has 0 fully saturated rings. The zero-order valence-electron chi connectivity index (χ0n) is 18.3. The maximum atomic E-state index is 11.5. The quantitative estimate of drug-likeness (QED) is 0.258. The molecule has 0 spiro atoms. The van der Waals surface area contributed by atoms with Crippen LogP contribution in [0.4, 0.5) is 0 Å². The van der Waals surface area contributed by atoms with Crippen molar-refractivity contribution >= 4 is 23.5 Å². The molecule has 0 heterocycles. The molecule has 3 aromatic carbocycles. The molecule has 152 valence electrons. The van der Waals surface area contributed by atoms with Crippen molar-refractivity contribution in [3.63, 3.8) is 0 Å². The van der Waals surface area contributed by atoms with Gasteiger partial charge in [-0.15, -0.1) is 0 Å². The van der Waals surface area contributed by atoms with E-state index in [1.165, 1.54) is 11.1 Å². The van der Waals surface area contributed by atoms with Gasteiger partial charge < -0.3 is 0 Å². The Morgan fingerprint density at radius 1 is 0.871 bits per heavy atom. The second kappa shape index (κ2) is 8.62. The van der Waals surface area contributed by atoms with Gasteiger partial charge in [-0.1, -0.05) is 98.5 Å². The summed E-state index contributed by atoms with van der Waals surface area (Å²) in [7, 11) is 0. The van der Waals surface area contributed by atoms with Crippen LogP contribution in [0.5, 0.6) is 0 Å². The number of ketones is 1. The SMILES string of the molecule is CC(=O)c1ccc(/C=C/c2ccc3c(c2)C(C#Cc2ccccc2)=CCC3(C)C)cc1. The first kappa shape index (κ1) is 20.6. The van der Waals surface area contributed by atoms with Gasteiger partial charge in [0.15, 0.2) is 5.78 Å². The number of benzene rings is 3. The molecule has 0 radical (unpaired) electrons. The van der Waals surface area contributed by atoms with Crippen molar-refractivity contribution in [2.24, 2.45) is 0 Å². The Kier molecular flexibility index (Phi) is 5.74. The number of fused-ring (bicyclic) bond motifs is 1. The molecule has 31 heavy (non-hydrogen) atoms. The molecule has 1 nitrogen and oxygen atoms in total. The molecule has 3 aromatic rings. The van der Waals surface area contributed by atoms with Gasteiger partial charge in [0.2, 0.25) is 0 Å². The lowest BCUT2D eigenvalue weighted by atomic mass is 9.73. The molecule has 1 aliphatic rings. The average molecular weight is 403 g/mol. The van der Waals surface area contributed by atoms with E-state index in [-0.39, 0.29) is 11.2 Å². The van der Waals surface area contributed by atoms with E-state index in [4.69, 9.17) is 0 Å². The van der Waals surface area contributed by atoms with Crippen molar-refractivity contribution in [2.45, 2.75) is 32.6 Å². The van der Waals surface area contributed by atoms with E-state index in [2.05, 4.69) is 62.1 Å². The van der Waals surface area contributed by atoms with Crippen LogP contribution in [0.1, 0.15) is 65.4 Å². The van der Waals surface area contributed by atoms with Gasteiger partial charge in [0, 0.05) is 16.7 Å². The summed E-state index contributed by atoms with van der Waals surface area (Å²) in [5, 5.41) is 0. The van der Waals surface area contributed by atoms with Crippen LogP contribution in [-0.2, 0) is 5.41 Å². The Bertz CT molecular complexity index is 1230. The van der Waals surface area contributed by atoms with E-state index >= 15 is 0 Å². The van der Waals surface area contributed by atoms with Crippen LogP contribution in [-0.4, -0.2) is 5.78 Å². The number of Topliss-reactive ketones (excluding diaryl/α,β-unsaturated/α-hetero) is 1. The summed E-state index contributed by atoms with van der Waals surface area (Å²) in [5.74, 6) is 6.80. The summed E-state index contributed by atoms with van der Waals surface area (Å²) in [4.78, 5) is 11.5. The highest BCUT2D eigenvalue weighted by molar-refractivity contribution is 5.94. The van der Waals surface area contributed by atoms with Crippen molar-refractivity contribution < 1.29 is 4.79 Å². The summed E-state index contributed by atoms with van der Waals surface area (Å²) < 4.78 is 0. The predicted molar refractivity (Wildman–Crippen MR) is 131 cm³/mol. The van der Waals surface area contributed by atoms with E-state index < -0.39 is 0 Å². The topological polar surface area (TPSA) is 17.1 Å². The van der Waals surface area contributed by atoms with Crippen molar-refractivity contribution in [3.8, 4) is 11.8 Å². The number of hydrogen-bond acceptors (Lipinski definition) is 1. The van der Waals surface area contributed by atoms with Crippen LogP contribution >= 0.6 is 0 Å². The first-order chi connectivity index (χ1) is 14.9. The number of hydrogen-bond donors (Lipinski definition) is 0. The van der Waals surface area contributed by atoms with Gasteiger partial charge in [-0.3, -0.25) is 4.79 Å². The fourth-order valence-corrected chi connectivity index (χ4v) is 3.86. The average Bonchev–Trinajstić information content (AvgIpc) is 2.78. The standard InChI is InChI=1S/C30H26O/c1-22(31)26-15-11-24(12-16-26)9-10-25-14-18-29-28(21-25)27(19-20-30(29,2)3)17-13-23-7-5-4-6-8-23/h4-12,14-16,18-19,21H,20H2,1-3H3/b10-9+. The van der Waals surface area contributed by atoms with Crippen molar-refractivity contribution in [3.05, 3.63) is 112 Å². The molecule has 0 aromatic heterocycles.